The van der Waals surface area contributed by atoms with Crippen molar-refractivity contribution in [1.82, 2.24) is 5.32 Å². The molecule has 0 aromatic rings. The van der Waals surface area contributed by atoms with Crippen LogP contribution in [0, 0.1) is 11.8 Å². The molecule has 1 heterocycles. The van der Waals surface area contributed by atoms with Crippen molar-refractivity contribution >= 4 is 23.9 Å². The van der Waals surface area contributed by atoms with Gasteiger partial charge in [-0.1, -0.05) is 0 Å². The number of imide groups is 1. The van der Waals surface area contributed by atoms with Crippen molar-refractivity contribution in [2.24, 2.45) is 16.8 Å². The first-order valence-corrected chi connectivity index (χ1v) is 5.07. The zero-order valence-electron chi connectivity index (χ0n) is 8.23. The molecule has 5 nitrogen and oxygen atoms in total. The Bertz CT molecular complexity index is 349. The first kappa shape index (κ1) is 10.0. The summed E-state index contributed by atoms with van der Waals surface area (Å²) in [6.07, 6.45) is 4.10. The van der Waals surface area contributed by atoms with E-state index in [-0.39, 0.29) is 17.6 Å². The van der Waals surface area contributed by atoms with Crippen LogP contribution in [0.25, 0.3) is 0 Å². The van der Waals surface area contributed by atoms with Gasteiger partial charge in [-0.05, 0) is 18.8 Å². The van der Waals surface area contributed by atoms with Gasteiger partial charge in [-0.25, -0.2) is 9.79 Å². The molecule has 0 aromatic heterocycles. The minimum Gasteiger partial charge on any atom is -0.300 e. The summed E-state index contributed by atoms with van der Waals surface area (Å²) in [6, 6.07) is -0.613. The molecule has 15 heavy (non-hydrogen) atoms. The van der Waals surface area contributed by atoms with Crippen LogP contribution in [0.4, 0.5) is 4.79 Å². The molecule has 0 saturated heterocycles. The zero-order chi connectivity index (χ0) is 10.8. The van der Waals surface area contributed by atoms with E-state index in [9.17, 15) is 14.4 Å². The highest BCUT2D eigenvalue weighted by atomic mass is 16.2. The van der Waals surface area contributed by atoms with E-state index in [4.69, 9.17) is 0 Å². The molecule has 3 amide bonds. The molecule has 1 aliphatic heterocycles. The predicted octanol–water partition coefficient (Wildman–Crippen LogP) is 0.683. The minimum absolute atomic E-state index is 0.0168. The molecule has 0 radical (unpaired) electrons. The van der Waals surface area contributed by atoms with E-state index in [2.05, 4.69) is 10.3 Å². The van der Waals surface area contributed by atoms with E-state index < -0.39 is 11.9 Å². The molecule has 80 valence electrons. The fraction of sp³-hybridized carbons (Fsp3) is 0.600. The Morgan fingerprint density at radius 3 is 2.80 bits per heavy atom. The Kier molecular flexibility index (Phi) is 2.62. The lowest BCUT2D eigenvalue weighted by Gasteiger charge is -2.27. The van der Waals surface area contributed by atoms with E-state index in [1.54, 1.807) is 0 Å². The number of urea groups is 1. The highest BCUT2D eigenvalue weighted by Crippen LogP contribution is 2.28. The fourth-order valence-electron chi connectivity index (χ4n) is 2.14. The van der Waals surface area contributed by atoms with E-state index >= 15 is 0 Å². The van der Waals surface area contributed by atoms with E-state index in [0.29, 0.717) is 12.8 Å². The van der Waals surface area contributed by atoms with Gasteiger partial charge in [-0.15, -0.1) is 0 Å². The molecule has 1 fully saturated rings. The van der Waals surface area contributed by atoms with Gasteiger partial charge in [0.1, 0.15) is 5.78 Å². The topological polar surface area (TPSA) is 75.6 Å². The SMILES string of the molecule is O=C1CCC[C@H]([C@H]2C=NC(=O)NC2=O)C1. The largest absolute Gasteiger partial charge is 0.347 e. The van der Waals surface area contributed by atoms with Gasteiger partial charge in [0.05, 0.1) is 5.92 Å². The van der Waals surface area contributed by atoms with Gasteiger partial charge in [0, 0.05) is 19.1 Å². The lowest BCUT2D eigenvalue weighted by Crippen LogP contribution is -2.43. The number of rotatable bonds is 1. The van der Waals surface area contributed by atoms with Gasteiger partial charge in [0.15, 0.2) is 0 Å². The van der Waals surface area contributed by atoms with Gasteiger partial charge in [0.25, 0.3) is 0 Å². The molecular formula is C10H12N2O3. The second-order valence-electron chi connectivity index (χ2n) is 3.99. The predicted molar refractivity (Wildman–Crippen MR) is 52.5 cm³/mol. The van der Waals surface area contributed by atoms with Crippen LogP contribution in [0.1, 0.15) is 25.7 Å². The number of amides is 3. The van der Waals surface area contributed by atoms with Gasteiger partial charge < -0.3 is 0 Å². The van der Waals surface area contributed by atoms with E-state index in [0.717, 1.165) is 12.8 Å². The number of carbonyl (C=O) groups is 3. The monoisotopic (exact) mass is 208 g/mol. The number of ketones is 1. The summed E-state index contributed by atoms with van der Waals surface area (Å²) in [5.74, 6) is -0.519. The summed E-state index contributed by atoms with van der Waals surface area (Å²) in [7, 11) is 0. The van der Waals surface area contributed by atoms with Crippen LogP contribution in [-0.4, -0.2) is 23.9 Å². The minimum atomic E-state index is -0.613. The smallest absolute Gasteiger partial charge is 0.300 e. The molecule has 1 N–H and O–H groups in total. The summed E-state index contributed by atoms with van der Waals surface area (Å²) in [6.45, 7) is 0. The number of hydrogen-bond donors (Lipinski definition) is 1. The molecular weight excluding hydrogens is 196 g/mol. The molecule has 0 aromatic carbocycles. The number of nitrogens with zero attached hydrogens (tertiary/aromatic N) is 1. The average molecular weight is 208 g/mol. The number of nitrogens with one attached hydrogen (secondary N) is 1. The first-order chi connectivity index (χ1) is 7.16. The molecule has 0 spiro atoms. The second-order valence-corrected chi connectivity index (χ2v) is 3.99. The molecule has 0 bridgehead atoms. The maximum absolute atomic E-state index is 11.5. The van der Waals surface area contributed by atoms with Gasteiger partial charge in [-0.3, -0.25) is 14.9 Å². The normalized spacial score (nSPS) is 31.6. The third-order valence-electron chi connectivity index (χ3n) is 2.91. The summed E-state index contributed by atoms with van der Waals surface area (Å²) in [4.78, 5) is 37.0. The summed E-state index contributed by atoms with van der Waals surface area (Å²) < 4.78 is 0. The van der Waals surface area contributed by atoms with Crippen LogP contribution in [-0.2, 0) is 9.59 Å². The quantitative estimate of drug-likeness (QED) is 0.688. The average Bonchev–Trinajstić information content (AvgIpc) is 2.17. The van der Waals surface area contributed by atoms with Crippen LogP contribution in [0.5, 0.6) is 0 Å². The van der Waals surface area contributed by atoms with Crippen molar-refractivity contribution in [3.8, 4) is 0 Å². The van der Waals surface area contributed by atoms with Crippen molar-refractivity contribution < 1.29 is 14.4 Å². The lowest BCUT2D eigenvalue weighted by molar-refractivity contribution is -0.125. The Balaban J connectivity index is 2.09. The number of carbonyl (C=O) groups excluding carboxylic acids is 3. The van der Waals surface area contributed by atoms with Gasteiger partial charge in [-0.2, -0.15) is 0 Å². The fourth-order valence-corrected chi connectivity index (χ4v) is 2.14. The maximum atomic E-state index is 11.5. The molecule has 2 rings (SSSR count). The maximum Gasteiger partial charge on any atom is 0.347 e. The van der Waals surface area contributed by atoms with Crippen molar-refractivity contribution in [2.45, 2.75) is 25.7 Å². The Hall–Kier alpha value is -1.52. The number of aliphatic imine (C=N–C) groups is 1. The second kappa shape index (κ2) is 3.92. The molecule has 5 heteroatoms. The molecule has 2 aliphatic rings. The zero-order valence-corrected chi connectivity index (χ0v) is 8.23. The molecule has 0 unspecified atom stereocenters. The molecule has 1 saturated carbocycles. The highest BCUT2D eigenvalue weighted by Gasteiger charge is 2.33. The van der Waals surface area contributed by atoms with Crippen molar-refractivity contribution in [3.05, 3.63) is 0 Å². The van der Waals surface area contributed by atoms with E-state index in [1.807, 2.05) is 0 Å². The highest BCUT2D eigenvalue weighted by molar-refractivity contribution is 6.09. The Morgan fingerprint density at radius 2 is 2.13 bits per heavy atom. The van der Waals surface area contributed by atoms with Crippen molar-refractivity contribution in [3.63, 3.8) is 0 Å². The first-order valence-electron chi connectivity index (χ1n) is 5.07. The van der Waals surface area contributed by atoms with Crippen LogP contribution in [0.15, 0.2) is 4.99 Å². The number of hydrogen-bond acceptors (Lipinski definition) is 3. The van der Waals surface area contributed by atoms with Crippen LogP contribution in [0.3, 0.4) is 0 Å². The molecule has 2 atom stereocenters. The molecule has 1 aliphatic carbocycles. The lowest BCUT2D eigenvalue weighted by atomic mass is 9.79. The summed E-state index contributed by atoms with van der Waals surface area (Å²) >= 11 is 0. The third kappa shape index (κ3) is 2.11. The standard InChI is InChI=1S/C10H12N2O3/c13-7-3-1-2-6(4-7)8-5-11-10(15)12-9(8)14/h5-6,8H,1-4H2,(H,12,14,15)/t6-,8+/m0/s1. The van der Waals surface area contributed by atoms with Crippen molar-refractivity contribution in [1.29, 1.82) is 0 Å². The summed E-state index contributed by atoms with van der Waals surface area (Å²) in [5, 5.41) is 2.15. The number of Topliss-reactive ketones (excluding diaryl/α,β-unsaturated/α-hetero) is 1. The van der Waals surface area contributed by atoms with Crippen LogP contribution in [0.2, 0.25) is 0 Å². The third-order valence-corrected chi connectivity index (χ3v) is 2.91. The van der Waals surface area contributed by atoms with Gasteiger partial charge >= 0.3 is 6.03 Å². The Labute approximate surface area is 86.9 Å². The van der Waals surface area contributed by atoms with Crippen LogP contribution >= 0.6 is 0 Å². The van der Waals surface area contributed by atoms with Crippen molar-refractivity contribution in [2.75, 3.05) is 0 Å². The Morgan fingerprint density at radius 1 is 1.33 bits per heavy atom. The summed E-state index contributed by atoms with van der Waals surface area (Å²) in [5.41, 5.74) is 0. The van der Waals surface area contributed by atoms with Crippen LogP contribution < -0.4 is 5.32 Å². The van der Waals surface area contributed by atoms with Gasteiger partial charge in [0.2, 0.25) is 5.91 Å². The van der Waals surface area contributed by atoms with E-state index in [1.165, 1.54) is 6.21 Å².